The Morgan fingerprint density at radius 1 is 1.43 bits per heavy atom. The molecule has 0 fully saturated rings. The van der Waals surface area contributed by atoms with Crippen LogP contribution in [0.4, 0.5) is 0 Å². The molecule has 1 aromatic carbocycles. The van der Waals surface area contributed by atoms with Crippen molar-refractivity contribution in [3.05, 3.63) is 28.8 Å². The number of hydrogen-bond acceptors (Lipinski definition) is 2. The third-order valence-corrected chi connectivity index (χ3v) is 2.63. The van der Waals surface area contributed by atoms with E-state index in [0.717, 1.165) is 16.9 Å². The summed E-state index contributed by atoms with van der Waals surface area (Å²) in [5, 5.41) is 8.80. The standard InChI is InChI=1S/C11H12O3/c1-6-3-8-5-10(11(12)13)14-9(8)4-7(6)2/h3-4,10H,5H2,1-2H3,(H,12,13)/t10-/m1/s1. The first-order valence-electron chi connectivity index (χ1n) is 4.57. The van der Waals surface area contributed by atoms with Crippen LogP contribution in [0.15, 0.2) is 12.1 Å². The van der Waals surface area contributed by atoms with Gasteiger partial charge in [0, 0.05) is 6.42 Å². The molecule has 1 N–H and O–H groups in total. The molecule has 0 aliphatic carbocycles. The van der Waals surface area contributed by atoms with E-state index in [4.69, 9.17) is 9.84 Å². The first-order valence-corrected chi connectivity index (χ1v) is 4.57. The second kappa shape index (κ2) is 3.01. The first-order chi connectivity index (χ1) is 6.58. The smallest absolute Gasteiger partial charge is 0.345 e. The van der Waals surface area contributed by atoms with Crippen LogP contribution in [0.25, 0.3) is 0 Å². The van der Waals surface area contributed by atoms with Crippen molar-refractivity contribution >= 4 is 5.97 Å². The molecule has 3 nitrogen and oxygen atoms in total. The fourth-order valence-corrected chi connectivity index (χ4v) is 1.65. The van der Waals surface area contributed by atoms with Crippen LogP contribution in [0.3, 0.4) is 0 Å². The Hall–Kier alpha value is -1.51. The number of benzene rings is 1. The van der Waals surface area contributed by atoms with Crippen LogP contribution >= 0.6 is 0 Å². The van der Waals surface area contributed by atoms with Crippen LogP contribution in [-0.2, 0) is 11.2 Å². The second-order valence-electron chi connectivity index (χ2n) is 3.69. The van der Waals surface area contributed by atoms with Gasteiger partial charge in [0.1, 0.15) is 5.75 Å². The largest absolute Gasteiger partial charge is 0.478 e. The van der Waals surface area contributed by atoms with E-state index in [1.807, 2.05) is 26.0 Å². The molecule has 14 heavy (non-hydrogen) atoms. The van der Waals surface area contributed by atoms with E-state index in [9.17, 15) is 4.79 Å². The molecule has 0 saturated carbocycles. The fourth-order valence-electron chi connectivity index (χ4n) is 1.65. The van der Waals surface area contributed by atoms with Crippen molar-refractivity contribution in [2.45, 2.75) is 26.4 Å². The number of fused-ring (bicyclic) bond motifs is 1. The van der Waals surface area contributed by atoms with Crippen LogP contribution in [0.1, 0.15) is 16.7 Å². The van der Waals surface area contributed by atoms with Crippen LogP contribution in [0.2, 0.25) is 0 Å². The van der Waals surface area contributed by atoms with Gasteiger partial charge in [-0.05, 0) is 36.6 Å². The van der Waals surface area contributed by atoms with Gasteiger partial charge in [0.15, 0.2) is 6.10 Å². The summed E-state index contributed by atoms with van der Waals surface area (Å²) in [7, 11) is 0. The summed E-state index contributed by atoms with van der Waals surface area (Å²) in [5.74, 6) is -0.169. The highest BCUT2D eigenvalue weighted by atomic mass is 16.5. The SMILES string of the molecule is Cc1cc2c(cc1C)O[C@@H](C(=O)O)C2. The Kier molecular flexibility index (Phi) is 1.95. The summed E-state index contributed by atoms with van der Waals surface area (Å²) in [4.78, 5) is 10.7. The highest BCUT2D eigenvalue weighted by Gasteiger charge is 2.28. The zero-order valence-corrected chi connectivity index (χ0v) is 8.20. The molecule has 0 amide bonds. The molecule has 0 unspecified atom stereocenters. The van der Waals surface area contributed by atoms with Crippen LogP contribution in [0, 0.1) is 13.8 Å². The topological polar surface area (TPSA) is 46.5 Å². The number of hydrogen-bond donors (Lipinski definition) is 1. The van der Waals surface area contributed by atoms with Crippen molar-refractivity contribution < 1.29 is 14.6 Å². The van der Waals surface area contributed by atoms with Crippen molar-refractivity contribution in [2.75, 3.05) is 0 Å². The van der Waals surface area contributed by atoms with Crippen LogP contribution in [-0.4, -0.2) is 17.2 Å². The van der Waals surface area contributed by atoms with Crippen molar-refractivity contribution in [1.82, 2.24) is 0 Å². The van der Waals surface area contributed by atoms with Crippen LogP contribution in [0.5, 0.6) is 5.75 Å². The third-order valence-electron chi connectivity index (χ3n) is 2.63. The van der Waals surface area contributed by atoms with E-state index >= 15 is 0 Å². The lowest BCUT2D eigenvalue weighted by Crippen LogP contribution is -2.24. The van der Waals surface area contributed by atoms with Gasteiger partial charge < -0.3 is 9.84 Å². The van der Waals surface area contributed by atoms with Gasteiger partial charge in [-0.15, -0.1) is 0 Å². The van der Waals surface area contributed by atoms with Gasteiger partial charge in [-0.2, -0.15) is 0 Å². The maximum absolute atomic E-state index is 10.7. The third kappa shape index (κ3) is 1.35. The highest BCUT2D eigenvalue weighted by Crippen LogP contribution is 2.31. The molecule has 74 valence electrons. The quantitative estimate of drug-likeness (QED) is 0.736. The average molecular weight is 192 g/mol. The number of aryl methyl sites for hydroxylation is 2. The Labute approximate surface area is 82.3 Å². The number of carboxylic acid groups (broad SMARTS) is 1. The van der Waals surface area contributed by atoms with Crippen molar-refractivity contribution in [2.24, 2.45) is 0 Å². The summed E-state index contributed by atoms with van der Waals surface area (Å²) in [6.07, 6.45) is -0.225. The summed E-state index contributed by atoms with van der Waals surface area (Å²) in [6, 6.07) is 3.92. The zero-order valence-electron chi connectivity index (χ0n) is 8.20. The van der Waals surface area contributed by atoms with Gasteiger partial charge in [0.25, 0.3) is 0 Å². The molecule has 2 rings (SSSR count). The molecule has 1 aliphatic heterocycles. The fraction of sp³-hybridized carbons (Fsp3) is 0.364. The molecule has 1 atom stereocenters. The molecular weight excluding hydrogens is 180 g/mol. The lowest BCUT2D eigenvalue weighted by molar-refractivity contribution is -0.144. The zero-order chi connectivity index (χ0) is 10.3. The summed E-state index contributed by atoms with van der Waals surface area (Å²) in [5.41, 5.74) is 3.31. The Morgan fingerprint density at radius 3 is 2.71 bits per heavy atom. The minimum atomic E-state index is -0.892. The average Bonchev–Trinajstić information content (AvgIpc) is 2.48. The van der Waals surface area contributed by atoms with Gasteiger partial charge in [0.2, 0.25) is 0 Å². The van der Waals surface area contributed by atoms with E-state index < -0.39 is 12.1 Å². The summed E-state index contributed by atoms with van der Waals surface area (Å²) >= 11 is 0. The Morgan fingerprint density at radius 2 is 2.07 bits per heavy atom. The van der Waals surface area contributed by atoms with Gasteiger partial charge in [-0.1, -0.05) is 6.07 Å². The molecular formula is C11H12O3. The number of rotatable bonds is 1. The molecule has 0 radical (unpaired) electrons. The van der Waals surface area contributed by atoms with E-state index in [-0.39, 0.29) is 0 Å². The molecule has 1 heterocycles. The van der Waals surface area contributed by atoms with Crippen molar-refractivity contribution in [3.63, 3.8) is 0 Å². The molecule has 0 saturated heterocycles. The molecule has 0 aromatic heterocycles. The van der Waals surface area contributed by atoms with Gasteiger partial charge in [-0.3, -0.25) is 0 Å². The molecule has 1 aliphatic rings. The van der Waals surface area contributed by atoms with E-state index in [1.165, 1.54) is 5.56 Å². The molecule has 3 heteroatoms. The van der Waals surface area contributed by atoms with E-state index in [0.29, 0.717) is 6.42 Å². The van der Waals surface area contributed by atoms with E-state index in [2.05, 4.69) is 0 Å². The number of carboxylic acids is 1. The second-order valence-corrected chi connectivity index (χ2v) is 3.69. The van der Waals surface area contributed by atoms with Crippen LogP contribution < -0.4 is 4.74 Å². The van der Waals surface area contributed by atoms with Gasteiger partial charge >= 0.3 is 5.97 Å². The molecule has 0 spiro atoms. The van der Waals surface area contributed by atoms with Gasteiger partial charge in [-0.25, -0.2) is 4.79 Å². The minimum absolute atomic E-state index is 0.478. The Bertz CT molecular complexity index is 365. The number of carbonyl (C=O) groups is 1. The molecule has 1 aromatic rings. The number of ether oxygens (including phenoxy) is 1. The lowest BCUT2D eigenvalue weighted by Gasteiger charge is -2.05. The van der Waals surface area contributed by atoms with E-state index in [1.54, 1.807) is 0 Å². The Balaban J connectivity index is 2.36. The minimum Gasteiger partial charge on any atom is -0.478 e. The summed E-state index contributed by atoms with van der Waals surface area (Å²) in [6.45, 7) is 4.01. The lowest BCUT2D eigenvalue weighted by atomic mass is 10.0. The predicted molar refractivity (Wildman–Crippen MR) is 51.7 cm³/mol. The predicted octanol–water partition coefficient (Wildman–Crippen LogP) is 1.69. The summed E-state index contributed by atoms with van der Waals surface area (Å²) < 4.78 is 5.30. The molecule has 0 bridgehead atoms. The van der Waals surface area contributed by atoms with Crippen molar-refractivity contribution in [1.29, 1.82) is 0 Å². The van der Waals surface area contributed by atoms with Gasteiger partial charge in [0.05, 0.1) is 0 Å². The normalized spacial score (nSPS) is 18.9. The number of aliphatic carboxylic acids is 1. The monoisotopic (exact) mass is 192 g/mol. The van der Waals surface area contributed by atoms with Crippen molar-refractivity contribution in [3.8, 4) is 5.75 Å². The highest BCUT2D eigenvalue weighted by molar-refractivity contribution is 5.74. The first kappa shape index (κ1) is 9.06. The maximum Gasteiger partial charge on any atom is 0.345 e. The maximum atomic E-state index is 10.7.